The molecule has 1 aliphatic heterocycles. The molecule has 1 fully saturated rings. The van der Waals surface area contributed by atoms with Gasteiger partial charge < -0.3 is 15.2 Å². The van der Waals surface area contributed by atoms with Crippen molar-refractivity contribution in [3.05, 3.63) is 80.5 Å². The van der Waals surface area contributed by atoms with Gasteiger partial charge in [-0.25, -0.2) is 22.5 Å². The first-order chi connectivity index (χ1) is 22.0. The number of carbonyl (C=O) groups is 2. The molecule has 4 aromatic rings. The van der Waals surface area contributed by atoms with Crippen molar-refractivity contribution < 1.29 is 27.9 Å². The van der Waals surface area contributed by atoms with E-state index in [9.17, 15) is 32.7 Å². The van der Waals surface area contributed by atoms with Gasteiger partial charge in [-0.15, -0.1) is 23.1 Å². The highest BCUT2D eigenvalue weighted by atomic mass is 32.2. The van der Waals surface area contributed by atoms with E-state index in [0.29, 0.717) is 39.4 Å². The molecule has 0 bridgehead atoms. The summed E-state index contributed by atoms with van der Waals surface area (Å²) in [7, 11) is -3.70. The average molecular weight is 688 g/mol. The number of carbonyl (C=O) groups excluding carboxylic acids is 1. The summed E-state index contributed by atoms with van der Waals surface area (Å²) in [4.78, 5) is 54.7. The van der Waals surface area contributed by atoms with Crippen LogP contribution in [0.25, 0.3) is 20.7 Å². The van der Waals surface area contributed by atoms with Crippen LogP contribution >= 0.6 is 23.1 Å². The molecule has 1 atom stereocenters. The Bertz CT molecular complexity index is 1980. The van der Waals surface area contributed by atoms with E-state index in [1.54, 1.807) is 24.3 Å². The molecule has 0 radical (unpaired) electrons. The van der Waals surface area contributed by atoms with Gasteiger partial charge in [-0.05, 0) is 47.7 Å². The molecule has 5 rings (SSSR count). The number of thioether (sulfide) groups is 1. The van der Waals surface area contributed by atoms with Gasteiger partial charge in [-0.2, -0.15) is 0 Å². The van der Waals surface area contributed by atoms with Crippen molar-refractivity contribution in [1.82, 2.24) is 24.1 Å². The Hall–Kier alpha value is -3.80. The van der Waals surface area contributed by atoms with Crippen LogP contribution in [-0.4, -0.2) is 84.7 Å². The minimum Gasteiger partial charge on any atom is -0.480 e. The van der Waals surface area contributed by atoms with E-state index in [0.717, 1.165) is 47.4 Å². The number of benzene rings is 2. The Kier molecular flexibility index (Phi) is 10.4. The lowest BCUT2D eigenvalue weighted by molar-refractivity contribution is -0.137. The van der Waals surface area contributed by atoms with Crippen LogP contribution in [-0.2, 0) is 39.2 Å². The second-order valence-electron chi connectivity index (χ2n) is 10.6. The number of hydrogen-bond donors (Lipinski definition) is 3. The van der Waals surface area contributed by atoms with E-state index < -0.39 is 40.0 Å². The number of aldehydes is 1. The number of ether oxygens (including phenoxy) is 1. The fourth-order valence-corrected chi connectivity index (χ4v) is 7.62. The maximum atomic E-state index is 13.8. The van der Waals surface area contributed by atoms with Gasteiger partial charge in [0.1, 0.15) is 17.1 Å². The highest BCUT2D eigenvalue weighted by Gasteiger charge is 2.26. The number of nitrogens with zero attached hydrogens (tertiary/aromatic N) is 3. The first-order valence-electron chi connectivity index (χ1n) is 14.2. The van der Waals surface area contributed by atoms with Crippen molar-refractivity contribution in [3.8, 4) is 16.2 Å². The third-order valence-electron chi connectivity index (χ3n) is 7.48. The van der Waals surface area contributed by atoms with Crippen LogP contribution in [0.3, 0.4) is 0 Å². The summed E-state index contributed by atoms with van der Waals surface area (Å²) in [5.74, 6) is -0.934. The highest BCUT2D eigenvalue weighted by Crippen LogP contribution is 2.38. The van der Waals surface area contributed by atoms with Gasteiger partial charge in [0.05, 0.1) is 18.2 Å². The van der Waals surface area contributed by atoms with Crippen LogP contribution in [0.5, 0.6) is 5.75 Å². The molecule has 3 heterocycles. The van der Waals surface area contributed by atoms with E-state index in [1.165, 1.54) is 16.3 Å². The SMILES string of the molecule is CSc1ccccc1Cn1c(=O)n(CC(=O)O)c(=O)c2c(CNS(C)(=O)=O)c(-c3ccc(OC(C=O)N4CCNCC4)cc3)sc21. The van der Waals surface area contributed by atoms with E-state index in [1.807, 2.05) is 35.4 Å². The second kappa shape index (κ2) is 14.3. The number of piperazine rings is 1. The predicted octanol–water partition coefficient (Wildman–Crippen LogP) is 1.60. The summed E-state index contributed by atoms with van der Waals surface area (Å²) in [6.45, 7) is 1.71. The van der Waals surface area contributed by atoms with Gasteiger partial charge in [0, 0.05) is 48.1 Å². The third kappa shape index (κ3) is 7.43. The molecule has 16 heteroatoms. The van der Waals surface area contributed by atoms with Crippen molar-refractivity contribution in [1.29, 1.82) is 0 Å². The number of thiophene rings is 1. The third-order valence-corrected chi connectivity index (χ3v) is 10.3. The fourth-order valence-electron chi connectivity index (χ4n) is 5.29. The summed E-state index contributed by atoms with van der Waals surface area (Å²) >= 11 is 2.62. The van der Waals surface area contributed by atoms with Crippen LogP contribution in [0.4, 0.5) is 0 Å². The van der Waals surface area contributed by atoms with Crippen LogP contribution in [0.2, 0.25) is 0 Å². The number of hydrogen-bond acceptors (Lipinski definition) is 11. The van der Waals surface area contributed by atoms with Gasteiger partial charge in [-0.3, -0.25) is 23.9 Å². The lowest BCUT2D eigenvalue weighted by atomic mass is 10.1. The highest BCUT2D eigenvalue weighted by molar-refractivity contribution is 7.98. The predicted molar refractivity (Wildman–Crippen MR) is 177 cm³/mol. The molecule has 3 N–H and O–H groups in total. The fraction of sp³-hybridized carbons (Fsp3) is 0.333. The van der Waals surface area contributed by atoms with Crippen LogP contribution in [0, 0.1) is 0 Å². The van der Waals surface area contributed by atoms with Crippen LogP contribution < -0.4 is 26.0 Å². The molecule has 13 nitrogen and oxygen atoms in total. The van der Waals surface area contributed by atoms with Crippen molar-refractivity contribution >= 4 is 55.6 Å². The van der Waals surface area contributed by atoms with Crippen molar-refractivity contribution in [2.75, 3.05) is 38.7 Å². The van der Waals surface area contributed by atoms with E-state index in [-0.39, 0.29) is 23.3 Å². The van der Waals surface area contributed by atoms with E-state index >= 15 is 0 Å². The lowest BCUT2D eigenvalue weighted by Gasteiger charge is -2.31. The number of carboxylic acid groups (broad SMARTS) is 1. The molecule has 0 saturated carbocycles. The maximum absolute atomic E-state index is 13.8. The first kappa shape index (κ1) is 33.6. The molecule has 0 amide bonds. The van der Waals surface area contributed by atoms with Crippen LogP contribution in [0.1, 0.15) is 11.1 Å². The number of fused-ring (bicyclic) bond motifs is 1. The Morgan fingerprint density at radius 3 is 2.46 bits per heavy atom. The number of rotatable bonds is 13. The van der Waals surface area contributed by atoms with Crippen LogP contribution in [0.15, 0.2) is 63.0 Å². The summed E-state index contributed by atoms with van der Waals surface area (Å²) in [5, 5.41) is 12.8. The Morgan fingerprint density at radius 1 is 1.13 bits per heavy atom. The largest absolute Gasteiger partial charge is 0.480 e. The zero-order chi connectivity index (χ0) is 33.0. The normalized spacial score (nSPS) is 14.7. The Labute approximate surface area is 272 Å². The summed E-state index contributed by atoms with van der Waals surface area (Å²) in [5.41, 5.74) is 0.0932. The lowest BCUT2D eigenvalue weighted by Crippen LogP contribution is -2.51. The number of sulfonamides is 1. The molecule has 0 spiro atoms. The van der Waals surface area contributed by atoms with Gasteiger partial charge in [0.2, 0.25) is 16.3 Å². The molecule has 1 unspecified atom stereocenters. The number of aromatic nitrogens is 2. The Balaban J connectivity index is 1.66. The molecule has 46 heavy (non-hydrogen) atoms. The number of aliphatic carboxylic acids is 1. The summed E-state index contributed by atoms with van der Waals surface area (Å²) in [6.07, 6.45) is 2.87. The smallest absolute Gasteiger partial charge is 0.332 e. The van der Waals surface area contributed by atoms with Crippen molar-refractivity contribution in [2.24, 2.45) is 0 Å². The second-order valence-corrected chi connectivity index (χ2v) is 14.3. The number of carboxylic acids is 1. The van der Waals surface area contributed by atoms with Gasteiger partial charge >= 0.3 is 11.7 Å². The standard InChI is InChI=1S/C30H33N5O8S3/c1-44-23-6-4-3-5-20(23)16-35-29-26(28(39)34(30(35)40)17-25(37)38)22(15-32-46(2,41)42)27(45-29)19-7-9-21(10-8-19)43-24(18-36)33-13-11-31-12-14-33/h3-10,18,24,31-32H,11-17H2,1-2H3,(H,37,38). The molecular weight excluding hydrogens is 655 g/mol. The van der Waals surface area contributed by atoms with Crippen molar-refractivity contribution in [3.63, 3.8) is 0 Å². The molecule has 1 aliphatic rings. The van der Waals surface area contributed by atoms with Gasteiger partial charge in [0.15, 0.2) is 6.29 Å². The van der Waals surface area contributed by atoms with Gasteiger partial charge in [0.25, 0.3) is 5.56 Å². The Morgan fingerprint density at radius 2 is 1.83 bits per heavy atom. The van der Waals surface area contributed by atoms with E-state index in [2.05, 4.69) is 10.0 Å². The molecule has 1 saturated heterocycles. The molecule has 244 valence electrons. The molecule has 2 aromatic carbocycles. The van der Waals surface area contributed by atoms with Crippen molar-refractivity contribution in [2.45, 2.75) is 30.8 Å². The molecule has 2 aromatic heterocycles. The number of nitrogens with one attached hydrogen (secondary N) is 2. The first-order valence-corrected chi connectivity index (χ1v) is 18.2. The maximum Gasteiger partial charge on any atom is 0.332 e. The quantitative estimate of drug-likeness (QED) is 0.138. The van der Waals surface area contributed by atoms with Gasteiger partial charge in [-0.1, -0.05) is 18.2 Å². The van der Waals surface area contributed by atoms with E-state index in [4.69, 9.17) is 4.74 Å². The topological polar surface area (TPSA) is 169 Å². The summed E-state index contributed by atoms with van der Waals surface area (Å²) in [6, 6.07) is 14.3. The minimum absolute atomic E-state index is 0.0526. The molecular formula is C30H33N5O8S3. The average Bonchev–Trinajstić information content (AvgIpc) is 3.43. The zero-order valence-electron chi connectivity index (χ0n) is 25.1. The molecule has 0 aliphatic carbocycles. The minimum atomic E-state index is -3.70. The monoisotopic (exact) mass is 687 g/mol. The summed E-state index contributed by atoms with van der Waals surface area (Å²) < 4.78 is 34.8. The zero-order valence-corrected chi connectivity index (χ0v) is 27.5.